The topological polar surface area (TPSA) is 142 Å². The zero-order chi connectivity index (χ0) is 24.0. The highest BCUT2D eigenvalue weighted by molar-refractivity contribution is 6.31. The molecule has 12 heteroatoms. The number of hydrazone groups is 1. The van der Waals surface area contributed by atoms with Crippen LogP contribution in [0, 0.1) is 17.0 Å². The van der Waals surface area contributed by atoms with Gasteiger partial charge in [-0.2, -0.15) is 20.1 Å². The Labute approximate surface area is 195 Å². The van der Waals surface area contributed by atoms with E-state index < -0.39 is 4.92 Å². The lowest BCUT2D eigenvalue weighted by Crippen LogP contribution is -2.25. The minimum Gasteiger partial charge on any atom is -0.506 e. The Morgan fingerprint density at radius 1 is 1.15 bits per heavy atom. The van der Waals surface area contributed by atoms with Gasteiger partial charge in [0.2, 0.25) is 17.8 Å². The van der Waals surface area contributed by atoms with Crippen LogP contribution in [0.25, 0.3) is 0 Å². The van der Waals surface area contributed by atoms with Crippen LogP contribution >= 0.6 is 11.6 Å². The number of phenols is 1. The number of nitro groups is 1. The summed E-state index contributed by atoms with van der Waals surface area (Å²) in [6.07, 6.45) is 1.58. The van der Waals surface area contributed by atoms with Crippen LogP contribution in [-0.2, 0) is 0 Å². The Morgan fingerprint density at radius 3 is 2.55 bits per heavy atom. The Kier molecular flexibility index (Phi) is 7.57. The first-order valence-corrected chi connectivity index (χ1v) is 10.5. The number of hydrogen-bond donors (Lipinski definition) is 3. The second-order valence-corrected chi connectivity index (χ2v) is 7.32. The quantitative estimate of drug-likeness (QED) is 0.178. The van der Waals surface area contributed by atoms with Crippen molar-refractivity contribution in [2.45, 2.75) is 20.8 Å². The second kappa shape index (κ2) is 10.6. The van der Waals surface area contributed by atoms with Crippen molar-refractivity contribution in [3.05, 3.63) is 62.7 Å². The predicted molar refractivity (Wildman–Crippen MR) is 129 cm³/mol. The minimum atomic E-state index is -0.557. The molecule has 0 atom stereocenters. The van der Waals surface area contributed by atoms with E-state index in [1.165, 1.54) is 18.2 Å². The van der Waals surface area contributed by atoms with Gasteiger partial charge in [0.1, 0.15) is 5.75 Å². The lowest BCUT2D eigenvalue weighted by Gasteiger charge is -2.19. The molecule has 33 heavy (non-hydrogen) atoms. The number of aryl methyl sites for hydroxylation is 1. The van der Waals surface area contributed by atoms with Gasteiger partial charge in [0.15, 0.2) is 0 Å². The van der Waals surface area contributed by atoms with E-state index in [9.17, 15) is 15.2 Å². The number of benzene rings is 2. The number of halogens is 1. The van der Waals surface area contributed by atoms with E-state index in [2.05, 4.69) is 30.8 Å². The second-order valence-electron chi connectivity index (χ2n) is 6.92. The molecule has 1 heterocycles. The monoisotopic (exact) mass is 470 g/mol. The number of aromatic hydroxyl groups is 1. The van der Waals surface area contributed by atoms with Crippen LogP contribution in [0.3, 0.4) is 0 Å². The van der Waals surface area contributed by atoms with Crippen molar-refractivity contribution in [1.82, 2.24) is 15.0 Å². The van der Waals surface area contributed by atoms with E-state index in [1.54, 1.807) is 12.3 Å². The number of nitrogens with zero attached hydrogens (tertiary/aromatic N) is 6. The van der Waals surface area contributed by atoms with E-state index in [1.807, 2.05) is 37.8 Å². The van der Waals surface area contributed by atoms with Crippen molar-refractivity contribution in [2.75, 3.05) is 28.7 Å². The van der Waals surface area contributed by atoms with Crippen LogP contribution in [0.1, 0.15) is 25.0 Å². The van der Waals surface area contributed by atoms with Gasteiger partial charge in [0.25, 0.3) is 5.69 Å². The molecule has 3 rings (SSSR count). The fourth-order valence-electron chi connectivity index (χ4n) is 2.83. The standard InChI is InChI=1S/C21H23ClN8O3/c1-4-29(5-2)21-26-19(24-17-11-15(30(32)33)8-9-18(17)31)25-20(27-21)28-23-12-14-7-6-13(3)16(22)10-14/h6-12,31H,4-5H2,1-3H3,(H2,24,25,26,27,28)/b23-12-. The van der Waals surface area contributed by atoms with Gasteiger partial charge in [-0.25, -0.2) is 5.43 Å². The van der Waals surface area contributed by atoms with Crippen molar-refractivity contribution in [3.63, 3.8) is 0 Å². The number of rotatable bonds is 9. The molecule has 0 saturated carbocycles. The van der Waals surface area contributed by atoms with Crippen LogP contribution in [0.2, 0.25) is 5.02 Å². The molecule has 1 aromatic heterocycles. The van der Waals surface area contributed by atoms with E-state index in [4.69, 9.17) is 11.6 Å². The van der Waals surface area contributed by atoms with Crippen LogP contribution in [-0.4, -0.2) is 44.3 Å². The van der Waals surface area contributed by atoms with E-state index in [0.29, 0.717) is 24.1 Å². The molecule has 11 nitrogen and oxygen atoms in total. The Morgan fingerprint density at radius 2 is 1.88 bits per heavy atom. The summed E-state index contributed by atoms with van der Waals surface area (Å²) < 4.78 is 0. The highest BCUT2D eigenvalue weighted by Crippen LogP contribution is 2.30. The fourth-order valence-corrected chi connectivity index (χ4v) is 3.02. The summed E-state index contributed by atoms with van der Waals surface area (Å²) in [5.74, 6) is 0.417. The first-order chi connectivity index (χ1) is 15.8. The summed E-state index contributed by atoms with van der Waals surface area (Å²) in [7, 11) is 0. The fraction of sp³-hybridized carbons (Fsp3) is 0.238. The third kappa shape index (κ3) is 6.04. The summed E-state index contributed by atoms with van der Waals surface area (Å²) in [5.41, 5.74) is 4.42. The summed E-state index contributed by atoms with van der Waals surface area (Å²) in [5, 5.41) is 28.8. The summed E-state index contributed by atoms with van der Waals surface area (Å²) in [4.78, 5) is 25.5. The SMILES string of the molecule is CCN(CC)c1nc(N/N=C\c2ccc(C)c(Cl)c2)nc(Nc2cc([N+](=O)[O-])ccc2O)n1. The number of nitro benzene ring substituents is 1. The van der Waals surface area contributed by atoms with E-state index in [0.717, 1.165) is 11.1 Å². The summed E-state index contributed by atoms with van der Waals surface area (Å²) >= 11 is 6.15. The Balaban J connectivity index is 1.91. The van der Waals surface area contributed by atoms with Gasteiger partial charge in [0.05, 0.1) is 16.8 Å². The van der Waals surface area contributed by atoms with Gasteiger partial charge in [-0.15, -0.1) is 0 Å². The molecule has 3 N–H and O–H groups in total. The summed E-state index contributed by atoms with van der Waals surface area (Å²) in [6.45, 7) is 7.12. The number of non-ortho nitro benzene ring substituents is 1. The largest absolute Gasteiger partial charge is 0.506 e. The molecule has 0 unspecified atom stereocenters. The number of phenolic OH excluding ortho intramolecular Hbond substituents is 1. The zero-order valence-corrected chi connectivity index (χ0v) is 19.0. The Bertz CT molecular complexity index is 1180. The van der Waals surface area contributed by atoms with Gasteiger partial charge in [-0.05, 0) is 44.0 Å². The molecule has 0 fully saturated rings. The maximum Gasteiger partial charge on any atom is 0.271 e. The van der Waals surface area contributed by atoms with Crippen molar-refractivity contribution in [1.29, 1.82) is 0 Å². The highest BCUT2D eigenvalue weighted by atomic mass is 35.5. The van der Waals surface area contributed by atoms with Crippen LogP contribution in [0.4, 0.5) is 29.2 Å². The molecule has 0 aliphatic heterocycles. The van der Waals surface area contributed by atoms with Crippen LogP contribution in [0.15, 0.2) is 41.5 Å². The van der Waals surface area contributed by atoms with Crippen LogP contribution in [0.5, 0.6) is 5.75 Å². The number of hydrogen-bond acceptors (Lipinski definition) is 10. The van der Waals surface area contributed by atoms with Crippen molar-refractivity contribution in [3.8, 4) is 5.75 Å². The normalized spacial score (nSPS) is 10.9. The van der Waals surface area contributed by atoms with Gasteiger partial charge < -0.3 is 15.3 Å². The smallest absolute Gasteiger partial charge is 0.271 e. The third-order valence-electron chi connectivity index (χ3n) is 4.68. The summed E-state index contributed by atoms with van der Waals surface area (Å²) in [6, 6.07) is 9.17. The molecular weight excluding hydrogens is 448 g/mol. The maximum absolute atomic E-state index is 11.1. The van der Waals surface area contributed by atoms with Crippen LogP contribution < -0.4 is 15.6 Å². The molecule has 172 valence electrons. The molecule has 3 aromatic rings. The molecule has 2 aromatic carbocycles. The molecular formula is C21H23ClN8O3. The molecule has 0 aliphatic carbocycles. The van der Waals surface area contributed by atoms with Gasteiger partial charge in [0, 0.05) is 30.2 Å². The molecule has 0 bridgehead atoms. The first kappa shape index (κ1) is 23.7. The van der Waals surface area contributed by atoms with E-state index >= 15 is 0 Å². The highest BCUT2D eigenvalue weighted by Gasteiger charge is 2.15. The Hall–Kier alpha value is -3.99. The zero-order valence-electron chi connectivity index (χ0n) is 18.3. The molecule has 0 radical (unpaired) electrons. The molecule has 0 amide bonds. The van der Waals surface area contributed by atoms with Gasteiger partial charge in [-0.1, -0.05) is 23.7 Å². The average Bonchev–Trinajstić information content (AvgIpc) is 2.78. The first-order valence-electron chi connectivity index (χ1n) is 10.1. The minimum absolute atomic E-state index is 0.0822. The average molecular weight is 471 g/mol. The lowest BCUT2D eigenvalue weighted by atomic mass is 10.2. The molecule has 0 spiro atoms. The lowest BCUT2D eigenvalue weighted by molar-refractivity contribution is -0.384. The molecule has 0 aliphatic rings. The predicted octanol–water partition coefficient (Wildman–Crippen LogP) is 4.48. The molecule has 0 saturated heterocycles. The maximum atomic E-state index is 11.1. The number of anilines is 4. The van der Waals surface area contributed by atoms with Gasteiger partial charge in [-0.3, -0.25) is 10.1 Å². The van der Waals surface area contributed by atoms with E-state index in [-0.39, 0.29) is 29.0 Å². The van der Waals surface area contributed by atoms with Gasteiger partial charge >= 0.3 is 0 Å². The van der Waals surface area contributed by atoms with Crippen molar-refractivity contribution >= 4 is 47.0 Å². The number of aromatic nitrogens is 3. The van der Waals surface area contributed by atoms with Crippen molar-refractivity contribution < 1.29 is 10.0 Å². The number of nitrogens with one attached hydrogen (secondary N) is 2. The van der Waals surface area contributed by atoms with Crippen molar-refractivity contribution in [2.24, 2.45) is 5.10 Å². The third-order valence-corrected chi connectivity index (χ3v) is 5.09.